The summed E-state index contributed by atoms with van der Waals surface area (Å²) in [6, 6.07) is 18.8. The Morgan fingerprint density at radius 1 is 0.979 bits per heavy atom. The molecule has 2 amide bonds. The van der Waals surface area contributed by atoms with Crippen molar-refractivity contribution in [3.8, 4) is 0 Å². The molecule has 1 aliphatic heterocycles. The van der Waals surface area contributed by atoms with Crippen molar-refractivity contribution >= 4 is 34.4 Å². The molecule has 6 rings (SSSR count). The number of likely N-dealkylation sites (tertiary alicyclic amines) is 1. The summed E-state index contributed by atoms with van der Waals surface area (Å²) in [5, 5.41) is 3.32. The van der Waals surface area contributed by atoms with Crippen LogP contribution in [0.2, 0.25) is 5.02 Å². The van der Waals surface area contributed by atoms with Gasteiger partial charge in [-0.05, 0) is 97.9 Å². The van der Waals surface area contributed by atoms with Crippen LogP contribution in [0.1, 0.15) is 83.7 Å². The molecule has 2 aliphatic rings. The summed E-state index contributed by atoms with van der Waals surface area (Å²) < 4.78 is 45.2. The standard InChI is InChI=1S/C38H36ClF3N2O4/c39-29-15-10-25(11-16-29)20-30(43-37(47)35-22-33(45)32-21-28(38(40,41)42)14-17-34(32)48-35)19-24-8-12-26(13-9-24)31-6-2-1-5-27(31)23-44-18-4-3-7-36(44)46/h1-2,5-6,10-11,14-17,19,21-22,26,30H,3-4,7-9,12-13,18,20,23H2,(H,43,47)/t26?,30-/m1/s1. The number of hydrogen-bond acceptors (Lipinski definition) is 4. The van der Waals surface area contributed by atoms with E-state index in [1.54, 1.807) is 12.1 Å². The van der Waals surface area contributed by atoms with Crippen molar-refractivity contribution in [1.29, 1.82) is 0 Å². The zero-order valence-electron chi connectivity index (χ0n) is 26.3. The maximum atomic E-state index is 13.4. The molecule has 2 fully saturated rings. The molecule has 6 nitrogen and oxygen atoms in total. The van der Waals surface area contributed by atoms with Crippen molar-refractivity contribution in [2.45, 2.75) is 76.0 Å². The van der Waals surface area contributed by atoms with E-state index in [1.807, 2.05) is 23.1 Å². The van der Waals surface area contributed by atoms with Crippen LogP contribution in [0.3, 0.4) is 0 Å². The van der Waals surface area contributed by atoms with Crippen LogP contribution in [0, 0.1) is 0 Å². The van der Waals surface area contributed by atoms with Crippen LogP contribution in [-0.4, -0.2) is 29.3 Å². The Morgan fingerprint density at radius 2 is 1.73 bits per heavy atom. The Hall–Kier alpha value is -4.37. The van der Waals surface area contributed by atoms with Crippen LogP contribution in [0.5, 0.6) is 0 Å². The molecule has 1 N–H and O–H groups in total. The molecule has 0 radical (unpaired) electrons. The predicted molar refractivity (Wildman–Crippen MR) is 179 cm³/mol. The molecule has 48 heavy (non-hydrogen) atoms. The number of carbonyl (C=O) groups excluding carboxylic acids is 2. The van der Waals surface area contributed by atoms with Gasteiger partial charge in [0.2, 0.25) is 5.91 Å². The largest absolute Gasteiger partial charge is 0.451 e. The first kappa shape index (κ1) is 33.5. The summed E-state index contributed by atoms with van der Waals surface area (Å²) in [6.45, 7) is 1.44. The number of halogens is 4. The highest BCUT2D eigenvalue weighted by molar-refractivity contribution is 6.30. The number of benzene rings is 3. The lowest BCUT2D eigenvalue weighted by Crippen LogP contribution is -2.36. The van der Waals surface area contributed by atoms with E-state index in [0.29, 0.717) is 30.3 Å². The molecule has 1 atom stereocenters. The van der Waals surface area contributed by atoms with Gasteiger partial charge in [-0.3, -0.25) is 14.4 Å². The lowest BCUT2D eigenvalue weighted by Gasteiger charge is -2.31. The van der Waals surface area contributed by atoms with E-state index in [1.165, 1.54) is 16.7 Å². The second-order valence-electron chi connectivity index (χ2n) is 12.7. The number of amides is 2. The number of rotatable bonds is 8. The van der Waals surface area contributed by atoms with Gasteiger partial charge < -0.3 is 14.6 Å². The molecule has 0 bridgehead atoms. The van der Waals surface area contributed by atoms with Crippen LogP contribution in [0.15, 0.2) is 93.7 Å². The van der Waals surface area contributed by atoms with E-state index in [4.69, 9.17) is 16.0 Å². The molecule has 3 aromatic carbocycles. The van der Waals surface area contributed by atoms with Gasteiger partial charge in [-0.1, -0.05) is 59.6 Å². The number of alkyl halides is 3. The molecule has 4 aromatic rings. The number of fused-ring (bicyclic) bond motifs is 1. The van der Waals surface area contributed by atoms with Crippen LogP contribution in [0.25, 0.3) is 11.0 Å². The molecule has 1 saturated heterocycles. The van der Waals surface area contributed by atoms with E-state index in [0.717, 1.165) is 74.9 Å². The van der Waals surface area contributed by atoms with Crippen LogP contribution in [0.4, 0.5) is 13.2 Å². The average Bonchev–Trinajstić information content (AvgIpc) is 3.07. The first-order valence-electron chi connectivity index (χ1n) is 16.3. The lowest BCUT2D eigenvalue weighted by atomic mass is 9.79. The number of nitrogens with zero attached hydrogens (tertiary/aromatic N) is 1. The Labute approximate surface area is 281 Å². The SMILES string of the molecule is O=C(N[C@H](C=C1CCC(c2ccccc2CN2CCCCC2=O)CC1)Cc1ccc(Cl)cc1)c1cc(=O)c2cc(C(F)(F)F)ccc2o1. The van der Waals surface area contributed by atoms with Crippen molar-refractivity contribution in [1.82, 2.24) is 10.2 Å². The van der Waals surface area contributed by atoms with Crippen molar-refractivity contribution in [2.75, 3.05) is 6.54 Å². The van der Waals surface area contributed by atoms with Gasteiger partial charge in [0.05, 0.1) is 17.0 Å². The quantitative estimate of drug-likeness (QED) is 0.190. The highest BCUT2D eigenvalue weighted by atomic mass is 35.5. The molecule has 0 spiro atoms. The Bertz CT molecular complexity index is 1890. The molecule has 1 aliphatic carbocycles. The second-order valence-corrected chi connectivity index (χ2v) is 13.1. The fourth-order valence-corrected chi connectivity index (χ4v) is 6.90. The Balaban J connectivity index is 1.19. The second kappa shape index (κ2) is 14.4. The number of hydrogen-bond donors (Lipinski definition) is 1. The van der Waals surface area contributed by atoms with Gasteiger partial charge in [-0.25, -0.2) is 0 Å². The summed E-state index contributed by atoms with van der Waals surface area (Å²) in [5.74, 6) is -0.344. The van der Waals surface area contributed by atoms with Gasteiger partial charge in [0, 0.05) is 30.6 Å². The summed E-state index contributed by atoms with van der Waals surface area (Å²) in [4.78, 5) is 40.6. The minimum Gasteiger partial charge on any atom is -0.451 e. The third-order valence-corrected chi connectivity index (χ3v) is 9.56. The van der Waals surface area contributed by atoms with E-state index in [2.05, 4.69) is 29.6 Å². The van der Waals surface area contributed by atoms with Crippen LogP contribution < -0.4 is 10.7 Å². The van der Waals surface area contributed by atoms with Gasteiger partial charge >= 0.3 is 6.18 Å². The van der Waals surface area contributed by atoms with E-state index < -0.39 is 29.1 Å². The fraction of sp³-hybridized carbons (Fsp3) is 0.342. The average molecular weight is 677 g/mol. The van der Waals surface area contributed by atoms with Crippen molar-refractivity contribution in [3.63, 3.8) is 0 Å². The maximum absolute atomic E-state index is 13.4. The van der Waals surface area contributed by atoms with Gasteiger partial charge in [0.1, 0.15) is 5.58 Å². The van der Waals surface area contributed by atoms with Crippen molar-refractivity contribution < 1.29 is 27.2 Å². The number of carbonyl (C=O) groups is 2. The topological polar surface area (TPSA) is 79.6 Å². The molecular weight excluding hydrogens is 641 g/mol. The van der Waals surface area contributed by atoms with Gasteiger partial charge in [-0.2, -0.15) is 13.2 Å². The molecule has 1 aromatic heterocycles. The first-order chi connectivity index (χ1) is 23.0. The molecule has 1 saturated carbocycles. The highest BCUT2D eigenvalue weighted by Crippen LogP contribution is 2.38. The molecular formula is C38H36ClF3N2O4. The van der Waals surface area contributed by atoms with E-state index >= 15 is 0 Å². The maximum Gasteiger partial charge on any atom is 0.416 e. The number of nitrogens with one attached hydrogen (secondary N) is 1. The first-order valence-corrected chi connectivity index (χ1v) is 16.7. The summed E-state index contributed by atoms with van der Waals surface area (Å²) >= 11 is 6.10. The molecule has 10 heteroatoms. The summed E-state index contributed by atoms with van der Waals surface area (Å²) in [7, 11) is 0. The monoisotopic (exact) mass is 676 g/mol. The molecule has 0 unspecified atom stereocenters. The van der Waals surface area contributed by atoms with E-state index in [-0.39, 0.29) is 22.6 Å². The minimum atomic E-state index is -4.62. The van der Waals surface area contributed by atoms with Gasteiger partial charge in [-0.15, -0.1) is 0 Å². The van der Waals surface area contributed by atoms with E-state index in [9.17, 15) is 27.6 Å². The molecule has 2 heterocycles. The third kappa shape index (κ3) is 8.01. The highest BCUT2D eigenvalue weighted by Gasteiger charge is 2.31. The molecule has 250 valence electrons. The zero-order chi connectivity index (χ0) is 33.8. The third-order valence-electron chi connectivity index (χ3n) is 9.31. The predicted octanol–water partition coefficient (Wildman–Crippen LogP) is 8.60. The smallest absolute Gasteiger partial charge is 0.416 e. The van der Waals surface area contributed by atoms with Crippen LogP contribution in [-0.2, 0) is 23.9 Å². The zero-order valence-corrected chi connectivity index (χ0v) is 27.1. The van der Waals surface area contributed by atoms with Crippen molar-refractivity contribution in [3.05, 3.63) is 128 Å². The normalized spacial score (nSPS) is 17.8. The van der Waals surface area contributed by atoms with Gasteiger partial charge in [0.15, 0.2) is 11.2 Å². The number of allylic oxidation sites excluding steroid dienone is 1. The lowest BCUT2D eigenvalue weighted by molar-refractivity contribution is -0.137. The Kier molecular flexibility index (Phi) is 10.1. The minimum absolute atomic E-state index is 0.100. The fourth-order valence-electron chi connectivity index (χ4n) is 6.77. The summed E-state index contributed by atoms with van der Waals surface area (Å²) in [6.07, 6.45) is 4.04. The van der Waals surface area contributed by atoms with Crippen molar-refractivity contribution in [2.24, 2.45) is 0 Å². The number of piperidine rings is 1. The van der Waals surface area contributed by atoms with Crippen LogP contribution >= 0.6 is 11.6 Å². The Morgan fingerprint density at radius 3 is 2.46 bits per heavy atom. The summed E-state index contributed by atoms with van der Waals surface area (Å²) in [5.41, 5.74) is 2.83. The van der Waals surface area contributed by atoms with Gasteiger partial charge in [0.25, 0.3) is 5.91 Å².